The Morgan fingerprint density at radius 3 is 2.39 bits per heavy atom. The van der Waals surface area contributed by atoms with Crippen LogP contribution < -0.4 is 20.7 Å². The highest BCUT2D eigenvalue weighted by Gasteiger charge is 2.05. The molecule has 0 saturated carbocycles. The van der Waals surface area contributed by atoms with E-state index in [1.54, 1.807) is 0 Å². The summed E-state index contributed by atoms with van der Waals surface area (Å²) in [7, 11) is 1.49. The zero-order valence-corrected chi connectivity index (χ0v) is 10.8. The lowest BCUT2D eigenvalue weighted by Crippen LogP contribution is -2.26. The van der Waals surface area contributed by atoms with Gasteiger partial charge in [0.1, 0.15) is 0 Å². The molecule has 3 N–H and O–H groups in total. The van der Waals surface area contributed by atoms with E-state index in [1.807, 2.05) is 6.92 Å². The summed E-state index contributed by atoms with van der Waals surface area (Å²) in [6.07, 6.45) is 0. The molecule has 0 fully saturated rings. The highest BCUT2D eigenvalue weighted by atomic mass is 16.5. The number of ether oxygens (including phenoxy) is 1. The van der Waals surface area contributed by atoms with Gasteiger partial charge < -0.3 is 20.7 Å². The summed E-state index contributed by atoms with van der Waals surface area (Å²) in [5, 5.41) is 8.62. The fourth-order valence-corrected chi connectivity index (χ4v) is 1.18. The van der Waals surface area contributed by atoms with E-state index in [9.17, 15) is 4.79 Å². The molecule has 1 rings (SSSR count). The molecule has 0 spiro atoms. The van der Waals surface area contributed by atoms with Gasteiger partial charge in [-0.3, -0.25) is 4.79 Å². The van der Waals surface area contributed by atoms with E-state index >= 15 is 0 Å². The predicted molar refractivity (Wildman–Crippen MR) is 67.7 cm³/mol. The minimum Gasteiger partial charge on any atom is -0.467 e. The second-order valence-electron chi connectivity index (χ2n) is 3.41. The van der Waals surface area contributed by atoms with Gasteiger partial charge in [0.15, 0.2) is 0 Å². The van der Waals surface area contributed by atoms with Crippen LogP contribution in [0.15, 0.2) is 0 Å². The molecule has 0 aromatic carbocycles. The Hall–Kier alpha value is -2.12. The molecule has 0 bridgehead atoms. The van der Waals surface area contributed by atoms with Crippen LogP contribution in [0.3, 0.4) is 0 Å². The van der Waals surface area contributed by atoms with E-state index in [1.165, 1.54) is 14.0 Å². The van der Waals surface area contributed by atoms with Gasteiger partial charge in [0.2, 0.25) is 17.8 Å². The van der Waals surface area contributed by atoms with Crippen molar-refractivity contribution in [2.45, 2.75) is 13.8 Å². The SMILES string of the molecule is CCNc1nc(NCCNC(C)=O)nc(OC)n1. The average molecular weight is 254 g/mol. The molecule has 100 valence electrons. The molecule has 0 aliphatic heterocycles. The van der Waals surface area contributed by atoms with Gasteiger partial charge in [-0.05, 0) is 6.92 Å². The Kier molecular flexibility index (Phi) is 5.62. The highest BCUT2D eigenvalue weighted by Crippen LogP contribution is 2.09. The molecule has 0 unspecified atom stereocenters. The Morgan fingerprint density at radius 2 is 1.83 bits per heavy atom. The number of carbonyl (C=O) groups excluding carboxylic acids is 1. The van der Waals surface area contributed by atoms with Gasteiger partial charge >= 0.3 is 6.01 Å². The first-order chi connectivity index (χ1) is 8.65. The fraction of sp³-hybridized carbons (Fsp3) is 0.600. The lowest BCUT2D eigenvalue weighted by molar-refractivity contribution is -0.118. The minimum absolute atomic E-state index is 0.0710. The van der Waals surface area contributed by atoms with E-state index < -0.39 is 0 Å². The maximum Gasteiger partial charge on any atom is 0.322 e. The number of methoxy groups -OCH3 is 1. The molecule has 1 aromatic rings. The zero-order valence-electron chi connectivity index (χ0n) is 10.8. The number of rotatable bonds is 7. The third-order valence-electron chi connectivity index (χ3n) is 1.91. The van der Waals surface area contributed by atoms with E-state index in [-0.39, 0.29) is 11.9 Å². The van der Waals surface area contributed by atoms with Crippen molar-refractivity contribution in [2.75, 3.05) is 37.4 Å². The Morgan fingerprint density at radius 1 is 1.17 bits per heavy atom. The molecule has 0 aliphatic rings. The lowest BCUT2D eigenvalue weighted by atomic mass is 10.6. The maximum atomic E-state index is 10.7. The summed E-state index contributed by atoms with van der Waals surface area (Å²) in [4.78, 5) is 22.9. The van der Waals surface area contributed by atoms with Crippen molar-refractivity contribution in [3.05, 3.63) is 0 Å². The first-order valence-electron chi connectivity index (χ1n) is 5.68. The Labute approximate surface area is 106 Å². The largest absolute Gasteiger partial charge is 0.467 e. The Balaban J connectivity index is 2.57. The number of aromatic nitrogens is 3. The highest BCUT2D eigenvalue weighted by molar-refractivity contribution is 5.72. The van der Waals surface area contributed by atoms with Crippen LogP contribution in [0.4, 0.5) is 11.9 Å². The summed E-state index contributed by atoms with van der Waals surface area (Å²) < 4.78 is 4.97. The fourth-order valence-electron chi connectivity index (χ4n) is 1.18. The molecule has 0 aliphatic carbocycles. The molecule has 0 atom stereocenters. The molecule has 8 heteroatoms. The quantitative estimate of drug-likeness (QED) is 0.582. The summed E-state index contributed by atoms with van der Waals surface area (Å²) in [5.74, 6) is 0.785. The number of hydrogen-bond acceptors (Lipinski definition) is 7. The smallest absolute Gasteiger partial charge is 0.322 e. The number of carbonyl (C=O) groups is 1. The van der Waals surface area contributed by atoms with Crippen LogP contribution in [0, 0.1) is 0 Å². The average Bonchev–Trinajstić information content (AvgIpc) is 2.34. The van der Waals surface area contributed by atoms with Gasteiger partial charge in [-0.15, -0.1) is 0 Å². The first kappa shape index (κ1) is 13.9. The second kappa shape index (κ2) is 7.25. The normalized spacial score (nSPS) is 9.72. The predicted octanol–water partition coefficient (Wildman–Crippen LogP) is -0.140. The van der Waals surface area contributed by atoms with Crippen molar-refractivity contribution >= 4 is 17.8 Å². The third-order valence-corrected chi connectivity index (χ3v) is 1.91. The monoisotopic (exact) mass is 254 g/mol. The van der Waals surface area contributed by atoms with Crippen molar-refractivity contribution in [1.29, 1.82) is 0 Å². The van der Waals surface area contributed by atoms with Crippen LogP contribution in [0.5, 0.6) is 6.01 Å². The van der Waals surface area contributed by atoms with E-state index in [4.69, 9.17) is 4.74 Å². The first-order valence-corrected chi connectivity index (χ1v) is 5.68. The van der Waals surface area contributed by atoms with Crippen LogP contribution >= 0.6 is 0 Å². The number of amides is 1. The standard InChI is InChI=1S/C10H18N6O2/c1-4-11-8-14-9(16-10(15-8)18-3)13-6-5-12-7(2)17/h4-6H2,1-3H3,(H,12,17)(H2,11,13,14,15,16). The molecule has 18 heavy (non-hydrogen) atoms. The van der Waals surface area contributed by atoms with Gasteiger partial charge in [0.25, 0.3) is 0 Å². The van der Waals surface area contributed by atoms with Gasteiger partial charge in [-0.25, -0.2) is 0 Å². The van der Waals surface area contributed by atoms with E-state index in [0.717, 1.165) is 0 Å². The molecule has 1 amide bonds. The van der Waals surface area contributed by atoms with Crippen LogP contribution in [-0.2, 0) is 4.79 Å². The van der Waals surface area contributed by atoms with Crippen LogP contribution in [0.25, 0.3) is 0 Å². The molecule has 1 heterocycles. The van der Waals surface area contributed by atoms with Gasteiger partial charge in [0, 0.05) is 26.6 Å². The molecule has 0 radical (unpaired) electrons. The Bertz CT molecular complexity index is 398. The second-order valence-corrected chi connectivity index (χ2v) is 3.41. The van der Waals surface area contributed by atoms with Gasteiger partial charge in [-0.1, -0.05) is 0 Å². The minimum atomic E-state index is -0.0710. The van der Waals surface area contributed by atoms with Crippen molar-refractivity contribution in [1.82, 2.24) is 20.3 Å². The van der Waals surface area contributed by atoms with Crippen LogP contribution in [0.2, 0.25) is 0 Å². The van der Waals surface area contributed by atoms with Crippen molar-refractivity contribution in [2.24, 2.45) is 0 Å². The molecule has 0 saturated heterocycles. The number of nitrogens with one attached hydrogen (secondary N) is 3. The number of anilines is 2. The third kappa shape index (κ3) is 4.81. The maximum absolute atomic E-state index is 10.7. The van der Waals surface area contributed by atoms with Gasteiger partial charge in [-0.2, -0.15) is 15.0 Å². The summed E-state index contributed by atoms with van der Waals surface area (Å²) in [5.41, 5.74) is 0. The van der Waals surface area contributed by atoms with Gasteiger partial charge in [0.05, 0.1) is 7.11 Å². The van der Waals surface area contributed by atoms with Crippen molar-refractivity contribution in [3.63, 3.8) is 0 Å². The topological polar surface area (TPSA) is 101 Å². The van der Waals surface area contributed by atoms with Crippen molar-refractivity contribution < 1.29 is 9.53 Å². The van der Waals surface area contributed by atoms with E-state index in [2.05, 4.69) is 30.9 Å². The van der Waals surface area contributed by atoms with Crippen LogP contribution in [-0.4, -0.2) is 47.6 Å². The summed E-state index contributed by atoms with van der Waals surface area (Å²) >= 11 is 0. The lowest BCUT2D eigenvalue weighted by Gasteiger charge is -2.08. The van der Waals surface area contributed by atoms with Crippen molar-refractivity contribution in [3.8, 4) is 6.01 Å². The summed E-state index contributed by atoms with van der Waals surface area (Å²) in [6, 6.07) is 0.239. The molecule has 8 nitrogen and oxygen atoms in total. The molecular formula is C10H18N6O2. The van der Waals surface area contributed by atoms with Crippen LogP contribution in [0.1, 0.15) is 13.8 Å². The zero-order chi connectivity index (χ0) is 13.4. The summed E-state index contributed by atoms with van der Waals surface area (Å²) in [6.45, 7) is 5.14. The van der Waals surface area contributed by atoms with E-state index in [0.29, 0.717) is 31.5 Å². The molecule has 1 aromatic heterocycles. The number of hydrogen-bond donors (Lipinski definition) is 3. The number of nitrogens with zero attached hydrogens (tertiary/aromatic N) is 3. The molecular weight excluding hydrogens is 236 g/mol.